The average Bonchev–Trinajstić information content (AvgIpc) is 2.51. The van der Waals surface area contributed by atoms with Crippen LogP contribution in [0.25, 0.3) is 0 Å². The van der Waals surface area contributed by atoms with Crippen molar-refractivity contribution in [3.8, 4) is 0 Å². The van der Waals surface area contributed by atoms with Gasteiger partial charge in [0.15, 0.2) is 0 Å². The zero-order valence-electron chi connectivity index (χ0n) is 14.8. The summed E-state index contributed by atoms with van der Waals surface area (Å²) in [6, 6.07) is 5.55. The molecule has 1 aliphatic heterocycles. The van der Waals surface area contributed by atoms with Crippen LogP contribution in [-0.4, -0.2) is 41.6 Å². The maximum atomic E-state index is 12.3. The fourth-order valence-electron chi connectivity index (χ4n) is 2.67. The molecule has 1 aliphatic rings. The van der Waals surface area contributed by atoms with Crippen LogP contribution >= 0.6 is 27.5 Å². The summed E-state index contributed by atoms with van der Waals surface area (Å²) in [6.07, 6.45) is 1.43. The van der Waals surface area contributed by atoms with E-state index in [-0.39, 0.29) is 24.5 Å². The first-order valence-corrected chi connectivity index (χ1v) is 9.53. The Bertz CT molecular complexity index is 638. The molecule has 0 aliphatic carbocycles. The van der Waals surface area contributed by atoms with E-state index < -0.39 is 5.60 Å². The van der Waals surface area contributed by atoms with Crippen molar-refractivity contribution in [3.05, 3.63) is 33.3 Å². The Morgan fingerprint density at radius 2 is 1.96 bits per heavy atom. The number of likely N-dealkylation sites (tertiary alicyclic amines) is 1. The number of benzene rings is 1. The van der Waals surface area contributed by atoms with Crippen LogP contribution in [0, 0.1) is 0 Å². The van der Waals surface area contributed by atoms with Gasteiger partial charge in [-0.05, 0) is 61.2 Å². The van der Waals surface area contributed by atoms with Gasteiger partial charge in [-0.15, -0.1) is 0 Å². The summed E-state index contributed by atoms with van der Waals surface area (Å²) < 4.78 is 6.13. The fraction of sp³-hybridized carbons (Fsp3) is 0.556. The summed E-state index contributed by atoms with van der Waals surface area (Å²) in [5.41, 5.74) is 0.364. The van der Waals surface area contributed by atoms with E-state index in [1.807, 2.05) is 32.9 Å². The van der Waals surface area contributed by atoms with Gasteiger partial charge >= 0.3 is 6.09 Å². The van der Waals surface area contributed by atoms with Crippen LogP contribution < -0.4 is 5.32 Å². The van der Waals surface area contributed by atoms with Crippen LogP contribution in [0.1, 0.15) is 39.2 Å². The Morgan fingerprint density at radius 1 is 1.32 bits per heavy atom. The molecule has 0 saturated carbocycles. The lowest BCUT2D eigenvalue weighted by atomic mass is 10.0. The van der Waals surface area contributed by atoms with Gasteiger partial charge in [0.05, 0.1) is 11.4 Å². The number of ether oxygens (including phenoxy) is 1. The molecule has 5 nitrogen and oxygen atoms in total. The highest BCUT2D eigenvalue weighted by Crippen LogP contribution is 2.26. The lowest BCUT2D eigenvalue weighted by Gasteiger charge is -2.33. The van der Waals surface area contributed by atoms with Crippen LogP contribution in [0.15, 0.2) is 22.7 Å². The zero-order valence-corrected chi connectivity index (χ0v) is 17.1. The molecule has 0 spiro atoms. The highest BCUT2D eigenvalue weighted by molar-refractivity contribution is 9.10. The molecular weight excluding hydrogens is 408 g/mol. The van der Waals surface area contributed by atoms with E-state index in [0.717, 1.165) is 22.9 Å². The van der Waals surface area contributed by atoms with E-state index in [1.165, 1.54) is 0 Å². The third-order valence-electron chi connectivity index (χ3n) is 3.89. The van der Waals surface area contributed by atoms with Crippen LogP contribution in [-0.2, 0) is 16.0 Å². The van der Waals surface area contributed by atoms with Gasteiger partial charge in [0.2, 0.25) is 5.91 Å². The van der Waals surface area contributed by atoms with Crippen LogP contribution in [0.3, 0.4) is 0 Å². The van der Waals surface area contributed by atoms with E-state index >= 15 is 0 Å². The lowest BCUT2D eigenvalue weighted by Crippen LogP contribution is -2.48. The zero-order chi connectivity index (χ0) is 18.6. The van der Waals surface area contributed by atoms with E-state index in [9.17, 15) is 9.59 Å². The van der Waals surface area contributed by atoms with E-state index in [0.29, 0.717) is 18.1 Å². The van der Waals surface area contributed by atoms with Gasteiger partial charge in [-0.25, -0.2) is 4.79 Å². The van der Waals surface area contributed by atoms with Crippen molar-refractivity contribution in [2.75, 3.05) is 13.1 Å². The predicted octanol–water partition coefficient (Wildman–Crippen LogP) is 4.16. The van der Waals surface area contributed by atoms with Crippen molar-refractivity contribution in [2.24, 2.45) is 0 Å². The molecule has 1 N–H and O–H groups in total. The molecule has 0 unspecified atom stereocenters. The van der Waals surface area contributed by atoms with Gasteiger partial charge in [-0.3, -0.25) is 4.79 Å². The fourth-order valence-corrected chi connectivity index (χ4v) is 3.27. The Labute approximate surface area is 162 Å². The van der Waals surface area contributed by atoms with Gasteiger partial charge in [-0.2, -0.15) is 0 Å². The minimum atomic E-state index is -0.494. The first-order valence-electron chi connectivity index (χ1n) is 8.36. The van der Waals surface area contributed by atoms with Crippen LogP contribution in [0.4, 0.5) is 4.79 Å². The highest BCUT2D eigenvalue weighted by Gasteiger charge is 2.27. The standard InChI is InChI=1S/C18H24BrClN2O3/c1-18(2,3)25-17(24)22-9-7-13(8-10-22)21-15(23)11-12-5-4-6-14(20)16(12)19/h4-6,13H,7-11H2,1-3H3,(H,21,23). The first-order chi connectivity index (χ1) is 11.7. The van der Waals surface area contributed by atoms with Crippen molar-refractivity contribution < 1.29 is 14.3 Å². The molecule has 138 valence electrons. The second kappa shape index (κ2) is 8.41. The number of hydrogen-bond acceptors (Lipinski definition) is 3. The number of carbonyl (C=O) groups is 2. The minimum Gasteiger partial charge on any atom is -0.444 e. The summed E-state index contributed by atoms with van der Waals surface area (Å²) in [5, 5.41) is 3.63. The third kappa shape index (κ3) is 6.19. The number of piperidine rings is 1. The number of carbonyl (C=O) groups excluding carboxylic acids is 2. The van der Waals surface area contributed by atoms with Gasteiger partial charge in [0.25, 0.3) is 0 Å². The maximum Gasteiger partial charge on any atom is 0.410 e. The summed E-state index contributed by atoms with van der Waals surface area (Å²) in [4.78, 5) is 26.0. The SMILES string of the molecule is CC(C)(C)OC(=O)N1CCC(NC(=O)Cc2cccc(Cl)c2Br)CC1. The number of rotatable bonds is 3. The minimum absolute atomic E-state index is 0.0429. The Kier molecular flexibility index (Phi) is 6.74. The van der Waals surface area contributed by atoms with Crippen molar-refractivity contribution in [1.82, 2.24) is 10.2 Å². The molecule has 1 fully saturated rings. The van der Waals surface area contributed by atoms with E-state index in [2.05, 4.69) is 21.2 Å². The van der Waals surface area contributed by atoms with Gasteiger partial charge in [-0.1, -0.05) is 23.7 Å². The normalized spacial score (nSPS) is 15.8. The van der Waals surface area contributed by atoms with Gasteiger partial charge in [0, 0.05) is 23.6 Å². The summed E-state index contributed by atoms with van der Waals surface area (Å²) in [5.74, 6) is -0.0429. The highest BCUT2D eigenvalue weighted by atomic mass is 79.9. The topological polar surface area (TPSA) is 58.6 Å². The molecule has 2 amide bonds. The van der Waals surface area contributed by atoms with Gasteiger partial charge < -0.3 is 15.0 Å². The number of amides is 2. The quantitative estimate of drug-likeness (QED) is 0.782. The van der Waals surface area contributed by atoms with Crippen molar-refractivity contribution in [3.63, 3.8) is 0 Å². The summed E-state index contributed by atoms with van der Waals surface area (Å²) in [6.45, 7) is 6.73. The molecule has 1 aromatic carbocycles. The van der Waals surface area contributed by atoms with Gasteiger partial charge in [0.1, 0.15) is 5.60 Å². The Balaban J connectivity index is 1.80. The third-order valence-corrected chi connectivity index (χ3v) is 5.37. The second-order valence-electron chi connectivity index (χ2n) is 7.20. The number of nitrogens with one attached hydrogen (secondary N) is 1. The van der Waals surface area contributed by atoms with Crippen molar-refractivity contribution >= 4 is 39.5 Å². The van der Waals surface area contributed by atoms with Crippen molar-refractivity contribution in [2.45, 2.75) is 51.7 Å². The van der Waals surface area contributed by atoms with Crippen molar-refractivity contribution in [1.29, 1.82) is 0 Å². The molecule has 0 atom stereocenters. The first kappa shape index (κ1) is 20.0. The number of hydrogen-bond donors (Lipinski definition) is 1. The largest absolute Gasteiger partial charge is 0.444 e. The molecule has 7 heteroatoms. The summed E-state index contributed by atoms with van der Waals surface area (Å²) >= 11 is 9.46. The molecule has 0 aromatic heterocycles. The van der Waals surface area contributed by atoms with Crippen LogP contribution in [0.2, 0.25) is 5.02 Å². The molecule has 0 bridgehead atoms. The molecule has 1 aromatic rings. The maximum absolute atomic E-state index is 12.3. The average molecular weight is 432 g/mol. The van der Waals surface area contributed by atoms with E-state index in [4.69, 9.17) is 16.3 Å². The summed E-state index contributed by atoms with van der Waals surface area (Å²) in [7, 11) is 0. The Morgan fingerprint density at radius 3 is 2.56 bits per heavy atom. The monoisotopic (exact) mass is 430 g/mol. The predicted molar refractivity (Wildman–Crippen MR) is 102 cm³/mol. The van der Waals surface area contributed by atoms with E-state index in [1.54, 1.807) is 11.0 Å². The molecule has 25 heavy (non-hydrogen) atoms. The second-order valence-corrected chi connectivity index (χ2v) is 8.40. The number of halogens is 2. The lowest BCUT2D eigenvalue weighted by molar-refractivity contribution is -0.121. The molecule has 0 radical (unpaired) electrons. The molecule has 2 rings (SSSR count). The Hall–Kier alpha value is -1.27. The number of nitrogens with zero attached hydrogens (tertiary/aromatic N) is 1. The van der Waals surface area contributed by atoms with Crippen LogP contribution in [0.5, 0.6) is 0 Å². The molecular formula is C18H24BrClN2O3. The molecule has 1 saturated heterocycles. The smallest absolute Gasteiger partial charge is 0.410 e. The molecule has 1 heterocycles.